The van der Waals surface area contributed by atoms with Crippen LogP contribution in [0.1, 0.15) is 32.1 Å². The second-order valence-electron chi connectivity index (χ2n) is 5.83. The van der Waals surface area contributed by atoms with Crippen LogP contribution >= 0.6 is 0 Å². The van der Waals surface area contributed by atoms with Crippen molar-refractivity contribution >= 4 is 16.0 Å². The molecule has 21 heavy (non-hydrogen) atoms. The molecule has 0 bridgehead atoms. The van der Waals surface area contributed by atoms with E-state index in [1.165, 1.54) is 21.3 Å². The van der Waals surface area contributed by atoms with E-state index in [1.807, 2.05) is 0 Å². The van der Waals surface area contributed by atoms with Crippen molar-refractivity contribution in [2.24, 2.45) is 13.0 Å². The fraction of sp³-hybridized carbons (Fsp3) is 0.692. The summed E-state index contributed by atoms with van der Waals surface area (Å²) in [6.07, 6.45) is 5.48. The molecule has 8 heteroatoms. The molecule has 0 radical (unpaired) electrons. The van der Waals surface area contributed by atoms with Gasteiger partial charge in [-0.05, 0) is 31.2 Å². The quantitative estimate of drug-likeness (QED) is 0.892. The first-order valence-corrected chi connectivity index (χ1v) is 8.61. The van der Waals surface area contributed by atoms with E-state index in [4.69, 9.17) is 0 Å². The predicted octanol–water partition coefficient (Wildman–Crippen LogP) is 0.826. The second-order valence-corrected chi connectivity index (χ2v) is 7.62. The molecule has 7 nitrogen and oxygen atoms in total. The Morgan fingerprint density at radius 2 is 2.10 bits per heavy atom. The Morgan fingerprint density at radius 1 is 1.38 bits per heavy atom. The highest BCUT2D eigenvalue weighted by molar-refractivity contribution is 7.89. The van der Waals surface area contributed by atoms with Gasteiger partial charge in [0, 0.05) is 13.1 Å². The lowest BCUT2D eigenvalue weighted by Crippen LogP contribution is -2.46. The van der Waals surface area contributed by atoms with Crippen LogP contribution in [0.5, 0.6) is 0 Å². The number of hydrogen-bond donors (Lipinski definition) is 1. The molecule has 2 heterocycles. The highest BCUT2D eigenvalue weighted by Gasteiger charge is 2.51. The summed E-state index contributed by atoms with van der Waals surface area (Å²) >= 11 is 0. The van der Waals surface area contributed by atoms with Crippen LogP contribution in [-0.4, -0.2) is 45.7 Å². The zero-order valence-electron chi connectivity index (χ0n) is 11.8. The van der Waals surface area contributed by atoms with Gasteiger partial charge in [0.25, 0.3) is 10.0 Å². The molecule has 1 aromatic heterocycles. The van der Waals surface area contributed by atoms with E-state index in [0.29, 0.717) is 6.42 Å². The van der Waals surface area contributed by atoms with E-state index >= 15 is 0 Å². The highest BCUT2D eigenvalue weighted by Crippen LogP contribution is 2.42. The van der Waals surface area contributed by atoms with Gasteiger partial charge in [0.1, 0.15) is 6.04 Å². The van der Waals surface area contributed by atoms with E-state index in [-0.39, 0.29) is 17.0 Å². The highest BCUT2D eigenvalue weighted by atomic mass is 32.2. The molecule has 1 aliphatic carbocycles. The topological polar surface area (TPSA) is 92.5 Å². The first kappa shape index (κ1) is 14.5. The molecule has 1 aromatic rings. The maximum absolute atomic E-state index is 12.9. The molecule has 0 amide bonds. The summed E-state index contributed by atoms with van der Waals surface area (Å²) in [5.41, 5.74) is 0. The largest absolute Gasteiger partial charge is 0.480 e. The van der Waals surface area contributed by atoms with Crippen molar-refractivity contribution in [3.05, 3.63) is 12.3 Å². The number of aliphatic carboxylic acids is 1. The van der Waals surface area contributed by atoms with Crippen molar-refractivity contribution in [2.75, 3.05) is 0 Å². The number of carboxylic acids is 1. The van der Waals surface area contributed by atoms with Crippen LogP contribution in [0.15, 0.2) is 17.3 Å². The third kappa shape index (κ3) is 2.26. The van der Waals surface area contributed by atoms with Crippen LogP contribution in [0.25, 0.3) is 0 Å². The maximum atomic E-state index is 12.9. The van der Waals surface area contributed by atoms with Crippen molar-refractivity contribution in [2.45, 2.75) is 49.2 Å². The summed E-state index contributed by atoms with van der Waals surface area (Å²) in [4.78, 5) is 11.5. The third-order valence-electron chi connectivity index (χ3n) is 4.63. The molecule has 116 valence electrons. The Hall–Kier alpha value is -1.41. The summed E-state index contributed by atoms with van der Waals surface area (Å²) in [7, 11) is -2.29. The fourth-order valence-corrected chi connectivity index (χ4v) is 5.67. The smallest absolute Gasteiger partial charge is 0.322 e. The van der Waals surface area contributed by atoms with Crippen LogP contribution in [0, 0.1) is 5.92 Å². The van der Waals surface area contributed by atoms with Gasteiger partial charge >= 0.3 is 5.97 Å². The van der Waals surface area contributed by atoms with Gasteiger partial charge in [-0.25, -0.2) is 8.42 Å². The number of aromatic nitrogens is 2. The first-order chi connectivity index (χ1) is 9.93. The van der Waals surface area contributed by atoms with Gasteiger partial charge in [-0.3, -0.25) is 9.48 Å². The summed E-state index contributed by atoms with van der Waals surface area (Å²) in [6, 6.07) is 0.266. The monoisotopic (exact) mass is 313 g/mol. The lowest BCUT2D eigenvalue weighted by atomic mass is 9.85. The Morgan fingerprint density at radius 3 is 2.71 bits per heavy atom. The van der Waals surface area contributed by atoms with Crippen LogP contribution in [0.4, 0.5) is 0 Å². The zero-order valence-corrected chi connectivity index (χ0v) is 12.7. The van der Waals surface area contributed by atoms with Crippen LogP contribution in [-0.2, 0) is 21.9 Å². The van der Waals surface area contributed by atoms with Gasteiger partial charge in [0.15, 0.2) is 5.03 Å². The Kier molecular flexibility index (Phi) is 3.53. The number of carboxylic acid groups (broad SMARTS) is 1. The van der Waals surface area contributed by atoms with Gasteiger partial charge in [0.2, 0.25) is 0 Å². The molecular weight excluding hydrogens is 294 g/mol. The second kappa shape index (κ2) is 5.10. The van der Waals surface area contributed by atoms with Crippen LogP contribution in [0.3, 0.4) is 0 Å². The van der Waals surface area contributed by atoms with E-state index < -0.39 is 22.0 Å². The summed E-state index contributed by atoms with van der Waals surface area (Å²) in [6.45, 7) is 0. The summed E-state index contributed by atoms with van der Waals surface area (Å²) in [5, 5.41) is 13.4. The van der Waals surface area contributed by atoms with Gasteiger partial charge in [-0.1, -0.05) is 12.8 Å². The van der Waals surface area contributed by atoms with Gasteiger partial charge in [0.05, 0.1) is 6.20 Å². The van der Waals surface area contributed by atoms with Crippen molar-refractivity contribution in [1.82, 2.24) is 14.1 Å². The first-order valence-electron chi connectivity index (χ1n) is 7.17. The van der Waals surface area contributed by atoms with Crippen molar-refractivity contribution in [1.29, 1.82) is 0 Å². The minimum absolute atomic E-state index is 0.0555. The minimum Gasteiger partial charge on any atom is -0.480 e. The molecule has 2 aliphatic rings. The molecular formula is C13H19N3O4S. The molecule has 0 aromatic carbocycles. The van der Waals surface area contributed by atoms with E-state index in [2.05, 4.69) is 5.10 Å². The lowest BCUT2D eigenvalue weighted by molar-refractivity contribution is -0.141. The van der Waals surface area contributed by atoms with Crippen LogP contribution in [0.2, 0.25) is 0 Å². The molecule has 3 rings (SSSR count). The lowest BCUT2D eigenvalue weighted by Gasteiger charge is -2.31. The Balaban J connectivity index is 2.04. The standard InChI is InChI=1S/C13H19N3O4S/c1-15-12(6-7-14-15)21(19,20)16-10-5-3-2-4-9(10)8-11(16)13(17)18/h6-7,9-11H,2-5,8H2,1H3,(H,17,18). The molecule has 0 spiro atoms. The van der Waals surface area contributed by atoms with Gasteiger partial charge in [-0.15, -0.1) is 0 Å². The number of sulfonamides is 1. The number of nitrogens with zero attached hydrogens (tertiary/aromatic N) is 3. The average Bonchev–Trinajstić information content (AvgIpc) is 3.02. The van der Waals surface area contributed by atoms with E-state index in [9.17, 15) is 18.3 Å². The molecule has 3 unspecified atom stereocenters. The van der Waals surface area contributed by atoms with Gasteiger partial charge < -0.3 is 5.11 Å². The van der Waals surface area contributed by atoms with E-state index in [0.717, 1.165) is 25.7 Å². The number of fused-ring (bicyclic) bond motifs is 1. The maximum Gasteiger partial charge on any atom is 0.322 e. The van der Waals surface area contributed by atoms with E-state index in [1.54, 1.807) is 7.05 Å². The average molecular weight is 313 g/mol. The van der Waals surface area contributed by atoms with Crippen molar-refractivity contribution < 1.29 is 18.3 Å². The Bertz CT molecular complexity index is 654. The number of hydrogen-bond acceptors (Lipinski definition) is 4. The molecule has 1 saturated heterocycles. The normalized spacial score (nSPS) is 30.2. The molecule has 1 N–H and O–H groups in total. The van der Waals surface area contributed by atoms with Crippen LogP contribution < -0.4 is 0 Å². The number of carbonyl (C=O) groups is 1. The molecule has 3 atom stereocenters. The SMILES string of the molecule is Cn1nccc1S(=O)(=O)N1C(C(=O)O)CC2CCCCC21. The van der Waals surface area contributed by atoms with Crippen molar-refractivity contribution in [3.63, 3.8) is 0 Å². The van der Waals surface area contributed by atoms with Crippen molar-refractivity contribution in [3.8, 4) is 0 Å². The number of rotatable bonds is 3. The zero-order chi connectivity index (χ0) is 15.2. The van der Waals surface area contributed by atoms with Gasteiger partial charge in [-0.2, -0.15) is 9.40 Å². The third-order valence-corrected chi connectivity index (χ3v) is 6.64. The fourth-order valence-electron chi connectivity index (χ4n) is 3.70. The molecule has 1 saturated carbocycles. The molecule has 2 fully saturated rings. The Labute approximate surface area is 123 Å². The minimum atomic E-state index is -3.84. The molecule has 1 aliphatic heterocycles. The predicted molar refractivity (Wildman–Crippen MR) is 74.0 cm³/mol. The summed E-state index contributed by atoms with van der Waals surface area (Å²) in [5.74, 6) is -0.905. The summed E-state index contributed by atoms with van der Waals surface area (Å²) < 4.78 is 28.3. The number of aryl methyl sites for hydroxylation is 1.